The first-order valence-electron chi connectivity index (χ1n) is 5.42. The van der Waals surface area contributed by atoms with Gasteiger partial charge in [0.05, 0.1) is 0 Å². The molecule has 1 atom stereocenters. The number of hydrogen-bond donors (Lipinski definition) is 2. The van der Waals surface area contributed by atoms with Crippen LogP contribution < -0.4 is 11.1 Å². The van der Waals surface area contributed by atoms with Crippen LogP contribution in [0.4, 0.5) is 0 Å². The molecule has 1 fully saturated rings. The second kappa shape index (κ2) is 5.70. The molecule has 0 bridgehead atoms. The summed E-state index contributed by atoms with van der Waals surface area (Å²) in [6, 6.07) is -0.325. The third kappa shape index (κ3) is 2.92. The van der Waals surface area contributed by atoms with E-state index in [1.54, 1.807) is 11.9 Å². The van der Waals surface area contributed by atoms with Gasteiger partial charge in [0, 0.05) is 20.0 Å². The van der Waals surface area contributed by atoms with Gasteiger partial charge in [-0.15, -0.1) is 0 Å². The second-order valence-corrected chi connectivity index (χ2v) is 3.75. The third-order valence-corrected chi connectivity index (χ3v) is 2.72. The fourth-order valence-corrected chi connectivity index (χ4v) is 1.90. The van der Waals surface area contributed by atoms with Crippen molar-refractivity contribution in [1.29, 1.82) is 0 Å². The number of nitrogens with zero attached hydrogens (tertiary/aromatic N) is 1. The molecule has 1 heterocycles. The number of hydrogen-bond acceptors (Lipinski definition) is 3. The zero-order valence-corrected chi connectivity index (χ0v) is 9.16. The lowest BCUT2D eigenvalue weighted by molar-refractivity contribution is -0.137. The van der Waals surface area contributed by atoms with Crippen LogP contribution >= 0.6 is 0 Å². The minimum absolute atomic E-state index is 0.0839. The maximum Gasteiger partial charge on any atom is 0.242 e. The maximum absolute atomic E-state index is 11.6. The quantitative estimate of drug-likeness (QED) is 0.644. The van der Waals surface area contributed by atoms with Crippen molar-refractivity contribution in [1.82, 2.24) is 10.2 Å². The molecule has 1 rings (SSSR count). The van der Waals surface area contributed by atoms with Crippen molar-refractivity contribution in [2.24, 2.45) is 5.73 Å². The Labute approximate surface area is 90.0 Å². The van der Waals surface area contributed by atoms with E-state index in [2.05, 4.69) is 5.32 Å². The largest absolute Gasteiger partial charge is 0.357 e. The van der Waals surface area contributed by atoms with E-state index >= 15 is 0 Å². The number of likely N-dealkylation sites (tertiary alicyclic amines) is 1. The van der Waals surface area contributed by atoms with E-state index in [1.807, 2.05) is 0 Å². The highest BCUT2D eigenvalue weighted by Gasteiger charge is 2.31. The summed E-state index contributed by atoms with van der Waals surface area (Å²) in [6.07, 6.45) is 2.84. The van der Waals surface area contributed by atoms with Gasteiger partial charge in [0.25, 0.3) is 0 Å². The molecule has 0 radical (unpaired) electrons. The molecule has 0 aromatic heterocycles. The van der Waals surface area contributed by atoms with Gasteiger partial charge in [-0.1, -0.05) is 0 Å². The molecule has 1 saturated heterocycles. The van der Waals surface area contributed by atoms with E-state index in [9.17, 15) is 9.59 Å². The van der Waals surface area contributed by atoms with Crippen LogP contribution in [0.2, 0.25) is 0 Å². The summed E-state index contributed by atoms with van der Waals surface area (Å²) in [7, 11) is 1.60. The van der Waals surface area contributed by atoms with Crippen LogP contribution in [0, 0.1) is 0 Å². The predicted molar refractivity (Wildman–Crippen MR) is 57.1 cm³/mol. The SMILES string of the molecule is CNC(=O)[C@@H](CCCN)N1CCCC1=O. The fraction of sp³-hybridized carbons (Fsp3) is 0.800. The summed E-state index contributed by atoms with van der Waals surface area (Å²) < 4.78 is 0. The van der Waals surface area contributed by atoms with E-state index in [-0.39, 0.29) is 17.9 Å². The van der Waals surface area contributed by atoms with Crippen molar-refractivity contribution in [3.05, 3.63) is 0 Å². The molecule has 0 aromatic carbocycles. The molecule has 0 aliphatic carbocycles. The molecule has 5 nitrogen and oxygen atoms in total. The van der Waals surface area contributed by atoms with E-state index < -0.39 is 0 Å². The average molecular weight is 213 g/mol. The molecule has 5 heteroatoms. The molecular formula is C10H19N3O2. The Kier molecular flexibility index (Phi) is 4.55. The Morgan fingerprint density at radius 3 is 2.87 bits per heavy atom. The number of nitrogens with one attached hydrogen (secondary N) is 1. The molecule has 0 unspecified atom stereocenters. The first-order valence-corrected chi connectivity index (χ1v) is 5.42. The molecule has 1 aliphatic rings. The summed E-state index contributed by atoms with van der Waals surface area (Å²) in [5.41, 5.74) is 5.42. The van der Waals surface area contributed by atoms with Crippen LogP contribution in [-0.4, -0.2) is 42.9 Å². The zero-order valence-electron chi connectivity index (χ0n) is 9.16. The summed E-state index contributed by atoms with van der Waals surface area (Å²) >= 11 is 0. The van der Waals surface area contributed by atoms with Gasteiger partial charge in [-0.25, -0.2) is 0 Å². The highest BCUT2D eigenvalue weighted by molar-refractivity contribution is 5.88. The van der Waals surface area contributed by atoms with Crippen LogP contribution in [0.1, 0.15) is 25.7 Å². The van der Waals surface area contributed by atoms with Crippen LogP contribution in [0.25, 0.3) is 0 Å². The van der Waals surface area contributed by atoms with E-state index in [4.69, 9.17) is 5.73 Å². The fourth-order valence-electron chi connectivity index (χ4n) is 1.90. The van der Waals surface area contributed by atoms with Gasteiger partial charge in [-0.3, -0.25) is 9.59 Å². The van der Waals surface area contributed by atoms with Gasteiger partial charge in [0.1, 0.15) is 6.04 Å². The molecular weight excluding hydrogens is 194 g/mol. The Balaban J connectivity index is 2.62. The van der Waals surface area contributed by atoms with Gasteiger partial charge in [0.2, 0.25) is 11.8 Å². The van der Waals surface area contributed by atoms with Gasteiger partial charge >= 0.3 is 0 Å². The Morgan fingerprint density at radius 1 is 1.67 bits per heavy atom. The van der Waals surface area contributed by atoms with Crippen LogP contribution in [0.3, 0.4) is 0 Å². The molecule has 15 heavy (non-hydrogen) atoms. The minimum atomic E-state index is -0.325. The Morgan fingerprint density at radius 2 is 2.40 bits per heavy atom. The molecule has 86 valence electrons. The van der Waals surface area contributed by atoms with E-state index in [0.29, 0.717) is 25.9 Å². The number of carbonyl (C=O) groups is 2. The molecule has 0 saturated carbocycles. The molecule has 2 amide bonds. The predicted octanol–water partition coefficient (Wildman–Crippen LogP) is -0.538. The van der Waals surface area contributed by atoms with Crippen molar-refractivity contribution in [2.75, 3.05) is 20.1 Å². The Bertz CT molecular complexity index is 243. The van der Waals surface area contributed by atoms with Gasteiger partial charge in [-0.2, -0.15) is 0 Å². The minimum Gasteiger partial charge on any atom is -0.357 e. The first-order chi connectivity index (χ1) is 7.20. The Hall–Kier alpha value is -1.10. The number of carbonyl (C=O) groups excluding carboxylic acids is 2. The van der Waals surface area contributed by atoms with E-state index in [1.165, 1.54) is 0 Å². The van der Waals surface area contributed by atoms with Crippen LogP contribution in [0.15, 0.2) is 0 Å². The molecule has 3 N–H and O–H groups in total. The van der Waals surface area contributed by atoms with Crippen LogP contribution in [0.5, 0.6) is 0 Å². The molecule has 0 spiro atoms. The highest BCUT2D eigenvalue weighted by atomic mass is 16.2. The summed E-state index contributed by atoms with van der Waals surface area (Å²) in [5.74, 6) is -0.000628. The lowest BCUT2D eigenvalue weighted by Gasteiger charge is -2.26. The van der Waals surface area contributed by atoms with Gasteiger partial charge in [0.15, 0.2) is 0 Å². The zero-order chi connectivity index (χ0) is 11.3. The maximum atomic E-state index is 11.6. The lowest BCUT2D eigenvalue weighted by Crippen LogP contribution is -2.46. The number of amides is 2. The van der Waals surface area contributed by atoms with Crippen LogP contribution in [-0.2, 0) is 9.59 Å². The number of likely N-dealkylation sites (N-methyl/N-ethyl adjacent to an activating group) is 1. The first kappa shape index (κ1) is 12.0. The lowest BCUT2D eigenvalue weighted by atomic mass is 10.1. The molecule has 1 aliphatic heterocycles. The summed E-state index contributed by atoms with van der Waals surface area (Å²) in [6.45, 7) is 1.25. The summed E-state index contributed by atoms with van der Waals surface area (Å²) in [4.78, 5) is 24.8. The highest BCUT2D eigenvalue weighted by Crippen LogP contribution is 2.16. The average Bonchev–Trinajstić information content (AvgIpc) is 2.65. The standard InChI is InChI=1S/C10H19N3O2/c1-12-10(15)8(4-2-6-11)13-7-3-5-9(13)14/h8H,2-7,11H2,1H3,(H,12,15)/t8-/m1/s1. The number of nitrogens with two attached hydrogens (primary N) is 1. The van der Waals surface area contributed by atoms with Crippen molar-refractivity contribution in [3.8, 4) is 0 Å². The normalized spacial score (nSPS) is 18.0. The van der Waals surface area contributed by atoms with Crippen molar-refractivity contribution < 1.29 is 9.59 Å². The van der Waals surface area contributed by atoms with Crippen molar-refractivity contribution >= 4 is 11.8 Å². The third-order valence-electron chi connectivity index (χ3n) is 2.72. The molecule has 0 aromatic rings. The number of rotatable bonds is 5. The van der Waals surface area contributed by atoms with Crippen molar-refractivity contribution in [2.45, 2.75) is 31.7 Å². The van der Waals surface area contributed by atoms with E-state index in [0.717, 1.165) is 12.8 Å². The van der Waals surface area contributed by atoms with Gasteiger partial charge < -0.3 is 16.0 Å². The monoisotopic (exact) mass is 213 g/mol. The van der Waals surface area contributed by atoms with Gasteiger partial charge in [-0.05, 0) is 25.8 Å². The smallest absolute Gasteiger partial charge is 0.242 e. The van der Waals surface area contributed by atoms with Crippen molar-refractivity contribution in [3.63, 3.8) is 0 Å². The second-order valence-electron chi connectivity index (χ2n) is 3.75. The summed E-state index contributed by atoms with van der Waals surface area (Å²) in [5, 5.41) is 2.60. The topological polar surface area (TPSA) is 75.4 Å².